The van der Waals surface area contributed by atoms with Crippen LogP contribution in [0.15, 0.2) is 30.6 Å². The van der Waals surface area contributed by atoms with Crippen molar-refractivity contribution in [3.8, 4) is 5.69 Å². The second-order valence-corrected chi connectivity index (χ2v) is 3.22. The van der Waals surface area contributed by atoms with Crippen LogP contribution in [0, 0.1) is 0 Å². The van der Waals surface area contributed by atoms with Gasteiger partial charge in [-0.2, -0.15) is 5.10 Å². The summed E-state index contributed by atoms with van der Waals surface area (Å²) in [6.07, 6.45) is 3.55. The molecule has 2 rings (SSSR count). The molecule has 0 bridgehead atoms. The fourth-order valence-electron chi connectivity index (χ4n) is 1.01. The van der Waals surface area contributed by atoms with Crippen LogP contribution in [-0.2, 0) is 0 Å². The number of nitrogens with two attached hydrogens (primary N) is 1. The second kappa shape index (κ2) is 3.15. The molecule has 0 aliphatic heterocycles. The summed E-state index contributed by atoms with van der Waals surface area (Å²) < 4.78 is 1.69. The van der Waals surface area contributed by atoms with Crippen LogP contribution in [0.3, 0.4) is 0 Å². The zero-order chi connectivity index (χ0) is 9.26. The van der Waals surface area contributed by atoms with Crippen LogP contribution < -0.4 is 11.2 Å². The summed E-state index contributed by atoms with van der Waals surface area (Å²) in [6, 6.07) is 5.58. The fraction of sp³-hybridized carbons (Fsp3) is 0. The molecule has 0 aromatic carbocycles. The number of anilines is 1. The maximum absolute atomic E-state index is 5.49. The van der Waals surface area contributed by atoms with Crippen LogP contribution in [0.5, 0.6) is 0 Å². The van der Waals surface area contributed by atoms with Crippen LogP contribution in [0.4, 0.5) is 5.82 Å². The molecule has 0 saturated heterocycles. The minimum atomic E-state index is 0.509. The van der Waals surface area contributed by atoms with Crippen LogP contribution in [-0.4, -0.2) is 14.8 Å². The number of hydrogen-bond acceptors (Lipinski definition) is 3. The Morgan fingerprint density at radius 1 is 1.31 bits per heavy atom. The van der Waals surface area contributed by atoms with E-state index in [0.717, 1.165) is 11.1 Å². The highest BCUT2D eigenvalue weighted by molar-refractivity contribution is 7.26. The third kappa shape index (κ3) is 1.68. The molecular formula is C8H9N4P. The third-order valence-corrected chi connectivity index (χ3v) is 1.99. The van der Waals surface area contributed by atoms with Crippen LogP contribution in [0.2, 0.25) is 0 Å². The summed E-state index contributed by atoms with van der Waals surface area (Å²) in [5.74, 6) is 0.509. The molecule has 0 aliphatic rings. The molecule has 0 fully saturated rings. The summed E-state index contributed by atoms with van der Waals surface area (Å²) >= 11 is 0. The molecule has 0 amide bonds. The molecule has 5 heteroatoms. The molecule has 0 spiro atoms. The monoisotopic (exact) mass is 192 g/mol. The van der Waals surface area contributed by atoms with Gasteiger partial charge in [0, 0.05) is 12.3 Å². The van der Waals surface area contributed by atoms with Gasteiger partial charge in [-0.15, -0.1) is 0 Å². The Morgan fingerprint density at radius 2 is 2.15 bits per heavy atom. The van der Waals surface area contributed by atoms with Gasteiger partial charge in [0.05, 0.1) is 17.3 Å². The van der Waals surface area contributed by atoms with Crippen LogP contribution in [0.1, 0.15) is 0 Å². The minimum absolute atomic E-state index is 0.509. The van der Waals surface area contributed by atoms with Crippen molar-refractivity contribution in [2.24, 2.45) is 0 Å². The van der Waals surface area contributed by atoms with Gasteiger partial charge in [0.1, 0.15) is 5.82 Å². The Balaban J connectivity index is 2.41. The van der Waals surface area contributed by atoms with Crippen molar-refractivity contribution in [3.63, 3.8) is 0 Å². The van der Waals surface area contributed by atoms with Crippen LogP contribution in [0.25, 0.3) is 5.69 Å². The van der Waals surface area contributed by atoms with Gasteiger partial charge in [-0.25, -0.2) is 4.68 Å². The minimum Gasteiger partial charge on any atom is -0.382 e. The summed E-state index contributed by atoms with van der Waals surface area (Å²) in [5, 5.41) is 4.06. The Morgan fingerprint density at radius 3 is 2.69 bits per heavy atom. The molecule has 0 aliphatic carbocycles. The topological polar surface area (TPSA) is 56.7 Å². The standard InChI is InChI=1S/C8H9N4P/c9-7-3-4-12(11-7)6-1-2-8(13)10-5-6/h1-5H,13H2,(H2,9,11). The first-order valence-electron chi connectivity index (χ1n) is 3.79. The Labute approximate surface area is 78.0 Å². The van der Waals surface area contributed by atoms with Crippen molar-refractivity contribution in [3.05, 3.63) is 30.6 Å². The summed E-state index contributed by atoms with van der Waals surface area (Å²) in [6.45, 7) is 0. The van der Waals surface area contributed by atoms with E-state index in [9.17, 15) is 0 Å². The number of pyridine rings is 1. The zero-order valence-corrected chi connectivity index (χ0v) is 8.04. The highest BCUT2D eigenvalue weighted by atomic mass is 31.0. The fourth-order valence-corrected chi connectivity index (χ4v) is 1.19. The van der Waals surface area contributed by atoms with Gasteiger partial charge in [0.15, 0.2) is 0 Å². The highest BCUT2D eigenvalue weighted by Crippen LogP contribution is 2.05. The summed E-state index contributed by atoms with van der Waals surface area (Å²) in [7, 11) is 2.53. The van der Waals surface area contributed by atoms with Gasteiger partial charge in [-0.05, 0) is 12.1 Å². The lowest BCUT2D eigenvalue weighted by atomic mass is 10.4. The molecule has 0 radical (unpaired) electrons. The van der Waals surface area contributed by atoms with E-state index < -0.39 is 0 Å². The van der Waals surface area contributed by atoms with E-state index >= 15 is 0 Å². The van der Waals surface area contributed by atoms with E-state index in [-0.39, 0.29) is 0 Å². The molecule has 2 N–H and O–H groups in total. The second-order valence-electron chi connectivity index (χ2n) is 2.63. The lowest BCUT2D eigenvalue weighted by Crippen LogP contribution is -2.01. The molecule has 13 heavy (non-hydrogen) atoms. The summed E-state index contributed by atoms with van der Waals surface area (Å²) in [4.78, 5) is 4.13. The SMILES string of the molecule is Nc1ccn(-c2ccc(P)nc2)n1. The maximum atomic E-state index is 5.49. The Kier molecular flexibility index (Phi) is 1.99. The third-order valence-electron chi connectivity index (χ3n) is 1.64. The smallest absolute Gasteiger partial charge is 0.145 e. The molecule has 0 saturated carbocycles. The molecule has 1 unspecified atom stereocenters. The van der Waals surface area contributed by atoms with E-state index in [4.69, 9.17) is 5.73 Å². The van der Waals surface area contributed by atoms with Gasteiger partial charge >= 0.3 is 0 Å². The number of rotatable bonds is 1. The molecular weight excluding hydrogens is 183 g/mol. The quantitative estimate of drug-likeness (QED) is 0.663. The first-order valence-corrected chi connectivity index (χ1v) is 4.36. The maximum Gasteiger partial charge on any atom is 0.145 e. The van der Waals surface area contributed by atoms with E-state index in [0.29, 0.717) is 5.82 Å². The molecule has 66 valence electrons. The first-order chi connectivity index (χ1) is 6.25. The molecule has 1 atom stereocenters. The normalized spacial score (nSPS) is 10.2. The molecule has 2 aromatic rings. The van der Waals surface area contributed by atoms with Gasteiger partial charge < -0.3 is 5.73 Å². The summed E-state index contributed by atoms with van der Waals surface area (Å²) in [5.41, 5.74) is 7.30. The highest BCUT2D eigenvalue weighted by Gasteiger charge is 1.97. The zero-order valence-electron chi connectivity index (χ0n) is 6.88. The van der Waals surface area contributed by atoms with Gasteiger partial charge in [-0.1, -0.05) is 9.24 Å². The van der Waals surface area contributed by atoms with Crippen molar-refractivity contribution in [2.75, 3.05) is 5.73 Å². The lowest BCUT2D eigenvalue weighted by molar-refractivity contribution is 0.880. The Bertz CT molecular complexity index is 406. The van der Waals surface area contributed by atoms with Gasteiger partial charge in [-0.3, -0.25) is 4.98 Å². The predicted octanol–water partition coefficient (Wildman–Crippen LogP) is 0.350. The van der Waals surface area contributed by atoms with Gasteiger partial charge in [0.25, 0.3) is 0 Å². The molecule has 4 nitrogen and oxygen atoms in total. The van der Waals surface area contributed by atoms with E-state index in [1.165, 1.54) is 0 Å². The van der Waals surface area contributed by atoms with E-state index in [1.54, 1.807) is 23.1 Å². The lowest BCUT2D eigenvalue weighted by Gasteiger charge is -1.99. The number of hydrogen-bond donors (Lipinski definition) is 1. The molecule has 2 heterocycles. The van der Waals surface area contributed by atoms with E-state index in [1.807, 2.05) is 12.1 Å². The van der Waals surface area contributed by atoms with Gasteiger partial charge in [0.2, 0.25) is 0 Å². The number of nitrogen functional groups attached to an aromatic ring is 1. The average Bonchev–Trinajstić information content (AvgIpc) is 2.53. The largest absolute Gasteiger partial charge is 0.382 e. The van der Waals surface area contributed by atoms with E-state index in [2.05, 4.69) is 19.3 Å². The molecule has 2 aromatic heterocycles. The van der Waals surface area contributed by atoms with Crippen molar-refractivity contribution in [1.29, 1.82) is 0 Å². The predicted molar refractivity (Wildman–Crippen MR) is 55.1 cm³/mol. The van der Waals surface area contributed by atoms with Crippen molar-refractivity contribution in [2.45, 2.75) is 0 Å². The van der Waals surface area contributed by atoms with Crippen molar-refractivity contribution >= 4 is 20.5 Å². The van der Waals surface area contributed by atoms with Crippen molar-refractivity contribution in [1.82, 2.24) is 14.8 Å². The first kappa shape index (κ1) is 8.20. The van der Waals surface area contributed by atoms with Crippen LogP contribution >= 0.6 is 9.24 Å². The average molecular weight is 192 g/mol. The Hall–Kier alpha value is -1.41. The number of nitrogens with zero attached hydrogens (tertiary/aromatic N) is 3. The van der Waals surface area contributed by atoms with Crippen molar-refractivity contribution < 1.29 is 0 Å². The number of aromatic nitrogens is 3.